The van der Waals surface area contributed by atoms with Crippen molar-refractivity contribution < 1.29 is 14.3 Å². The van der Waals surface area contributed by atoms with Crippen molar-refractivity contribution in [3.05, 3.63) is 66.6 Å². The zero-order valence-corrected chi connectivity index (χ0v) is 20.0. The van der Waals surface area contributed by atoms with Gasteiger partial charge in [0.25, 0.3) is 5.56 Å². The highest BCUT2D eigenvalue weighted by atomic mass is 79.9. The molecular formula is C21H18BrCl2N3O4. The second kappa shape index (κ2) is 9.80. The van der Waals surface area contributed by atoms with Gasteiger partial charge in [0.15, 0.2) is 11.9 Å². The molecule has 0 fully saturated rings. The number of aromatic nitrogens is 2. The zero-order chi connectivity index (χ0) is 22.7. The third-order valence-electron chi connectivity index (χ3n) is 4.36. The lowest BCUT2D eigenvalue weighted by Gasteiger charge is -2.15. The van der Waals surface area contributed by atoms with Crippen LogP contribution in [0.25, 0.3) is 10.9 Å². The fraction of sp³-hybridized carbons (Fsp3) is 0.238. The Morgan fingerprint density at radius 1 is 1.29 bits per heavy atom. The van der Waals surface area contributed by atoms with Crippen LogP contribution in [-0.4, -0.2) is 35.1 Å². The van der Waals surface area contributed by atoms with Crippen LogP contribution in [0.4, 0.5) is 0 Å². The van der Waals surface area contributed by atoms with E-state index in [0.717, 1.165) is 4.47 Å². The van der Waals surface area contributed by atoms with Gasteiger partial charge in [0.1, 0.15) is 5.82 Å². The number of nitrogens with zero attached hydrogens (tertiary/aromatic N) is 3. The SMILES string of the molecule is CCc1nc2ccc(Br)cc2c(=O)n1N=Cc1cc(Cl)c(O[C@H](C)C(=O)OC)c(Cl)c1. The van der Waals surface area contributed by atoms with E-state index in [1.54, 1.807) is 24.3 Å². The molecule has 0 aliphatic carbocycles. The molecule has 3 aromatic rings. The van der Waals surface area contributed by atoms with E-state index in [1.807, 2.05) is 13.0 Å². The minimum absolute atomic E-state index is 0.155. The number of ether oxygens (including phenoxy) is 2. The Kier molecular flexibility index (Phi) is 7.35. The maximum atomic E-state index is 13.0. The molecule has 0 aliphatic heterocycles. The van der Waals surface area contributed by atoms with Crippen molar-refractivity contribution >= 4 is 62.2 Å². The first kappa shape index (κ1) is 23.2. The summed E-state index contributed by atoms with van der Waals surface area (Å²) in [6.45, 7) is 3.42. The van der Waals surface area contributed by atoms with Gasteiger partial charge in [0, 0.05) is 10.9 Å². The molecule has 31 heavy (non-hydrogen) atoms. The van der Waals surface area contributed by atoms with Crippen LogP contribution in [0.15, 0.2) is 44.7 Å². The lowest BCUT2D eigenvalue weighted by Crippen LogP contribution is -2.25. The van der Waals surface area contributed by atoms with Crippen molar-refractivity contribution in [3.8, 4) is 5.75 Å². The van der Waals surface area contributed by atoms with Crippen molar-refractivity contribution in [2.45, 2.75) is 26.4 Å². The highest BCUT2D eigenvalue weighted by Gasteiger charge is 2.19. The number of hydrogen-bond donors (Lipinski definition) is 0. The molecule has 0 spiro atoms. The Bertz CT molecular complexity index is 1220. The lowest BCUT2D eigenvalue weighted by atomic mass is 10.2. The quantitative estimate of drug-likeness (QED) is 0.338. The maximum absolute atomic E-state index is 13.0. The molecule has 0 bridgehead atoms. The molecule has 0 aliphatic rings. The number of rotatable bonds is 6. The van der Waals surface area contributed by atoms with Crippen molar-refractivity contribution in [2.75, 3.05) is 7.11 Å². The summed E-state index contributed by atoms with van der Waals surface area (Å²) in [5.41, 5.74) is 0.851. The highest BCUT2D eigenvalue weighted by molar-refractivity contribution is 9.10. The number of esters is 1. The molecule has 1 aromatic heterocycles. The minimum Gasteiger partial charge on any atom is -0.476 e. The van der Waals surface area contributed by atoms with Gasteiger partial charge in [-0.15, -0.1) is 0 Å². The van der Waals surface area contributed by atoms with Crippen LogP contribution >= 0.6 is 39.1 Å². The summed E-state index contributed by atoms with van der Waals surface area (Å²) >= 11 is 15.9. The van der Waals surface area contributed by atoms with E-state index in [4.69, 9.17) is 27.9 Å². The van der Waals surface area contributed by atoms with Crippen LogP contribution in [0.1, 0.15) is 25.2 Å². The molecule has 0 radical (unpaired) electrons. The molecule has 7 nitrogen and oxygen atoms in total. The van der Waals surface area contributed by atoms with E-state index < -0.39 is 12.1 Å². The monoisotopic (exact) mass is 525 g/mol. The molecule has 2 aromatic carbocycles. The van der Waals surface area contributed by atoms with E-state index in [0.29, 0.717) is 28.7 Å². The third kappa shape index (κ3) is 5.08. The van der Waals surface area contributed by atoms with Crippen molar-refractivity contribution in [3.63, 3.8) is 0 Å². The molecule has 1 atom stereocenters. The van der Waals surface area contributed by atoms with Gasteiger partial charge >= 0.3 is 5.97 Å². The van der Waals surface area contributed by atoms with Gasteiger partial charge in [-0.1, -0.05) is 46.1 Å². The van der Waals surface area contributed by atoms with Crippen LogP contribution < -0.4 is 10.3 Å². The normalized spacial score (nSPS) is 12.3. The molecule has 0 saturated heterocycles. The van der Waals surface area contributed by atoms with Crippen LogP contribution in [0.3, 0.4) is 0 Å². The number of aryl methyl sites for hydroxylation is 1. The lowest BCUT2D eigenvalue weighted by molar-refractivity contribution is -0.147. The second-order valence-electron chi connectivity index (χ2n) is 6.50. The van der Waals surface area contributed by atoms with E-state index in [1.165, 1.54) is 24.9 Å². The predicted molar refractivity (Wildman–Crippen MR) is 125 cm³/mol. The summed E-state index contributed by atoms with van der Waals surface area (Å²) in [5.74, 6) is 0.113. The number of methoxy groups -OCH3 is 1. The fourth-order valence-corrected chi connectivity index (χ4v) is 3.78. The summed E-state index contributed by atoms with van der Waals surface area (Å²) in [6.07, 6.45) is 1.09. The first-order valence-corrected chi connectivity index (χ1v) is 10.8. The first-order chi connectivity index (χ1) is 14.7. The van der Waals surface area contributed by atoms with Crippen molar-refractivity contribution in [2.24, 2.45) is 5.10 Å². The molecule has 0 saturated carbocycles. The molecule has 3 rings (SSSR count). The van der Waals surface area contributed by atoms with E-state index in [2.05, 4.69) is 30.8 Å². The van der Waals surface area contributed by atoms with Crippen LogP contribution in [0, 0.1) is 0 Å². The molecular weight excluding hydrogens is 509 g/mol. The Hall–Kier alpha value is -2.42. The van der Waals surface area contributed by atoms with Crippen LogP contribution in [0.5, 0.6) is 5.75 Å². The van der Waals surface area contributed by atoms with Gasteiger partial charge in [-0.3, -0.25) is 4.79 Å². The van der Waals surface area contributed by atoms with Crippen LogP contribution in [0.2, 0.25) is 10.0 Å². The molecule has 10 heteroatoms. The topological polar surface area (TPSA) is 82.8 Å². The smallest absolute Gasteiger partial charge is 0.346 e. The van der Waals surface area contributed by atoms with Gasteiger partial charge < -0.3 is 9.47 Å². The zero-order valence-electron chi connectivity index (χ0n) is 16.9. The number of benzene rings is 2. The number of carbonyl (C=O) groups excluding carboxylic acids is 1. The minimum atomic E-state index is -0.881. The second-order valence-corrected chi connectivity index (χ2v) is 8.23. The Morgan fingerprint density at radius 2 is 1.97 bits per heavy atom. The van der Waals surface area contributed by atoms with Crippen LogP contribution in [-0.2, 0) is 16.0 Å². The molecule has 162 valence electrons. The standard InChI is InChI=1S/C21H18BrCl2N3O4/c1-4-18-26-17-6-5-13(22)9-14(17)20(28)27(18)25-10-12-7-15(23)19(16(24)8-12)31-11(2)21(29)30-3/h5-11H,4H2,1-3H3/t11-/m1/s1. The molecule has 0 N–H and O–H groups in total. The summed E-state index contributed by atoms with van der Waals surface area (Å²) in [5, 5.41) is 5.13. The third-order valence-corrected chi connectivity index (χ3v) is 5.42. The summed E-state index contributed by atoms with van der Waals surface area (Å²) in [6, 6.07) is 8.45. The number of carbonyl (C=O) groups is 1. The average molecular weight is 527 g/mol. The first-order valence-electron chi connectivity index (χ1n) is 9.24. The summed E-state index contributed by atoms with van der Waals surface area (Å²) in [4.78, 5) is 29.1. The fourth-order valence-electron chi connectivity index (χ4n) is 2.82. The average Bonchev–Trinajstić information content (AvgIpc) is 2.75. The Morgan fingerprint density at radius 3 is 2.58 bits per heavy atom. The summed E-state index contributed by atoms with van der Waals surface area (Å²) in [7, 11) is 1.26. The highest BCUT2D eigenvalue weighted by Crippen LogP contribution is 2.34. The number of halogens is 3. The molecule has 0 amide bonds. The Labute approximate surface area is 196 Å². The van der Waals surface area contributed by atoms with Crippen molar-refractivity contribution in [1.29, 1.82) is 0 Å². The van der Waals surface area contributed by atoms with E-state index in [9.17, 15) is 9.59 Å². The van der Waals surface area contributed by atoms with E-state index >= 15 is 0 Å². The van der Waals surface area contributed by atoms with Gasteiger partial charge in [-0.2, -0.15) is 9.78 Å². The maximum Gasteiger partial charge on any atom is 0.346 e. The van der Waals surface area contributed by atoms with Gasteiger partial charge in [-0.05, 0) is 42.8 Å². The molecule has 0 unspecified atom stereocenters. The Balaban J connectivity index is 1.98. The molecule has 1 heterocycles. The number of fused-ring (bicyclic) bond motifs is 1. The number of hydrogen-bond acceptors (Lipinski definition) is 6. The van der Waals surface area contributed by atoms with Gasteiger partial charge in [0.05, 0.1) is 34.3 Å². The van der Waals surface area contributed by atoms with E-state index in [-0.39, 0.29) is 21.4 Å². The van der Waals surface area contributed by atoms with Crippen molar-refractivity contribution in [1.82, 2.24) is 9.66 Å². The van der Waals surface area contributed by atoms with Gasteiger partial charge in [-0.25, -0.2) is 9.78 Å². The predicted octanol–water partition coefficient (Wildman–Crippen LogP) is 4.85. The summed E-state index contributed by atoms with van der Waals surface area (Å²) < 4.78 is 12.2. The largest absolute Gasteiger partial charge is 0.476 e. The van der Waals surface area contributed by atoms with Gasteiger partial charge in [0.2, 0.25) is 0 Å².